The van der Waals surface area contributed by atoms with Crippen molar-refractivity contribution >= 4 is 29.1 Å². The number of nitrogens with one attached hydrogen (secondary N) is 1. The van der Waals surface area contributed by atoms with Gasteiger partial charge in [-0.25, -0.2) is 4.98 Å². The predicted molar refractivity (Wildman–Crippen MR) is 86.9 cm³/mol. The molecule has 0 radical (unpaired) electrons. The Hall–Kier alpha value is -0.800. The van der Waals surface area contributed by atoms with Gasteiger partial charge in [0.05, 0.1) is 5.56 Å². The van der Waals surface area contributed by atoms with Crippen molar-refractivity contribution in [3.8, 4) is 0 Å². The standard InChI is InChI=1S/C16H22Cl2N2O/c1-11(2)9-16(7-3-4-8-16)10-19-15(21)12-5-6-13(17)20-14(12)18/h5-6,11H,3-4,7-10H2,1-2H3,(H,19,21). The minimum absolute atomic E-state index is 0.157. The smallest absolute Gasteiger partial charge is 0.254 e. The summed E-state index contributed by atoms with van der Waals surface area (Å²) in [6, 6.07) is 3.21. The van der Waals surface area contributed by atoms with Gasteiger partial charge in [0.15, 0.2) is 0 Å². The summed E-state index contributed by atoms with van der Waals surface area (Å²) in [4.78, 5) is 16.2. The van der Waals surface area contributed by atoms with Gasteiger partial charge in [-0.05, 0) is 42.7 Å². The molecule has 3 nitrogen and oxygen atoms in total. The minimum Gasteiger partial charge on any atom is -0.351 e. The van der Waals surface area contributed by atoms with Gasteiger partial charge in [-0.2, -0.15) is 0 Å². The third kappa shape index (κ3) is 4.33. The van der Waals surface area contributed by atoms with Crippen LogP contribution in [0.25, 0.3) is 0 Å². The molecule has 0 spiro atoms. The molecule has 0 aliphatic heterocycles. The quantitative estimate of drug-likeness (QED) is 0.794. The van der Waals surface area contributed by atoms with E-state index >= 15 is 0 Å². The number of carbonyl (C=O) groups is 1. The summed E-state index contributed by atoms with van der Waals surface area (Å²) in [6.07, 6.45) is 6.05. The van der Waals surface area contributed by atoms with Crippen LogP contribution < -0.4 is 5.32 Å². The molecule has 1 saturated carbocycles. The maximum absolute atomic E-state index is 12.3. The molecule has 1 aromatic heterocycles. The van der Waals surface area contributed by atoms with E-state index in [0.29, 0.717) is 23.2 Å². The molecule has 2 rings (SSSR count). The molecule has 1 heterocycles. The van der Waals surface area contributed by atoms with E-state index in [1.807, 2.05) is 0 Å². The molecule has 0 bridgehead atoms. The Bertz CT molecular complexity index is 511. The minimum atomic E-state index is -0.167. The Morgan fingerprint density at radius 3 is 2.57 bits per heavy atom. The van der Waals surface area contributed by atoms with Crippen molar-refractivity contribution in [2.24, 2.45) is 11.3 Å². The Kier molecular flexibility index (Phi) is 5.50. The summed E-state index contributed by atoms with van der Waals surface area (Å²) < 4.78 is 0. The van der Waals surface area contributed by atoms with Gasteiger partial charge in [0.2, 0.25) is 0 Å². The fourth-order valence-electron chi connectivity index (χ4n) is 3.39. The fourth-order valence-corrected chi connectivity index (χ4v) is 3.82. The molecule has 5 heteroatoms. The van der Waals surface area contributed by atoms with E-state index < -0.39 is 0 Å². The molecular weight excluding hydrogens is 307 g/mol. The van der Waals surface area contributed by atoms with Gasteiger partial charge in [0.25, 0.3) is 5.91 Å². The zero-order chi connectivity index (χ0) is 15.5. The van der Waals surface area contributed by atoms with Gasteiger partial charge in [-0.15, -0.1) is 0 Å². The Labute approximate surface area is 136 Å². The van der Waals surface area contributed by atoms with Crippen molar-refractivity contribution in [3.05, 3.63) is 28.0 Å². The zero-order valence-corrected chi connectivity index (χ0v) is 14.1. The van der Waals surface area contributed by atoms with Gasteiger partial charge >= 0.3 is 0 Å². The lowest BCUT2D eigenvalue weighted by Crippen LogP contribution is -2.37. The number of hydrogen-bond donors (Lipinski definition) is 1. The second-order valence-electron chi connectivity index (χ2n) is 6.46. The molecule has 1 aromatic rings. The van der Waals surface area contributed by atoms with E-state index in [0.717, 1.165) is 6.42 Å². The highest BCUT2D eigenvalue weighted by atomic mass is 35.5. The topological polar surface area (TPSA) is 42.0 Å². The summed E-state index contributed by atoms with van der Waals surface area (Å²) in [6.45, 7) is 5.19. The van der Waals surface area contributed by atoms with Crippen molar-refractivity contribution < 1.29 is 4.79 Å². The molecular formula is C16H22Cl2N2O. The maximum Gasteiger partial charge on any atom is 0.254 e. The van der Waals surface area contributed by atoms with Crippen LogP contribution in [0.3, 0.4) is 0 Å². The lowest BCUT2D eigenvalue weighted by atomic mass is 9.78. The fraction of sp³-hybridized carbons (Fsp3) is 0.625. The van der Waals surface area contributed by atoms with Crippen LogP contribution >= 0.6 is 23.2 Å². The normalized spacial score (nSPS) is 17.2. The molecule has 1 aliphatic carbocycles. The molecule has 0 atom stereocenters. The van der Waals surface area contributed by atoms with Crippen molar-refractivity contribution in [2.45, 2.75) is 46.0 Å². The van der Waals surface area contributed by atoms with E-state index in [9.17, 15) is 4.79 Å². The molecule has 1 N–H and O–H groups in total. The van der Waals surface area contributed by atoms with E-state index in [2.05, 4.69) is 24.1 Å². The van der Waals surface area contributed by atoms with Crippen LogP contribution in [0.4, 0.5) is 0 Å². The van der Waals surface area contributed by atoms with Crippen molar-refractivity contribution in [1.29, 1.82) is 0 Å². The summed E-state index contributed by atoms with van der Waals surface area (Å²) in [5.74, 6) is 0.472. The number of aromatic nitrogens is 1. The molecule has 116 valence electrons. The second-order valence-corrected chi connectivity index (χ2v) is 7.21. The van der Waals surface area contributed by atoms with E-state index in [1.54, 1.807) is 12.1 Å². The lowest BCUT2D eigenvalue weighted by molar-refractivity contribution is 0.0921. The van der Waals surface area contributed by atoms with E-state index in [1.165, 1.54) is 25.7 Å². The highest BCUT2D eigenvalue weighted by Gasteiger charge is 2.34. The first-order valence-corrected chi connectivity index (χ1v) is 8.28. The first-order chi connectivity index (χ1) is 9.92. The third-order valence-electron chi connectivity index (χ3n) is 4.19. The van der Waals surface area contributed by atoms with Gasteiger partial charge in [-0.3, -0.25) is 4.79 Å². The first kappa shape index (κ1) is 16.6. The molecule has 21 heavy (non-hydrogen) atoms. The maximum atomic E-state index is 12.3. The summed E-state index contributed by atoms with van der Waals surface area (Å²) in [5.41, 5.74) is 0.634. The predicted octanol–water partition coefficient (Wildman–Crippen LogP) is 4.72. The van der Waals surface area contributed by atoms with Gasteiger partial charge in [0, 0.05) is 6.54 Å². The molecule has 1 amide bonds. The molecule has 1 fully saturated rings. The number of halogens is 2. The van der Waals surface area contributed by atoms with Crippen LogP contribution in [0.1, 0.15) is 56.3 Å². The van der Waals surface area contributed by atoms with Crippen molar-refractivity contribution in [1.82, 2.24) is 10.3 Å². The molecule has 1 aliphatic rings. The SMILES string of the molecule is CC(C)CC1(CNC(=O)c2ccc(Cl)nc2Cl)CCCC1. The van der Waals surface area contributed by atoms with Crippen molar-refractivity contribution in [3.63, 3.8) is 0 Å². The summed E-state index contributed by atoms with van der Waals surface area (Å²) in [5, 5.41) is 3.49. The van der Waals surface area contributed by atoms with Crippen LogP contribution in [-0.4, -0.2) is 17.4 Å². The summed E-state index contributed by atoms with van der Waals surface area (Å²) >= 11 is 11.7. The van der Waals surface area contributed by atoms with Crippen LogP contribution in [-0.2, 0) is 0 Å². The number of carbonyl (C=O) groups excluding carboxylic acids is 1. The largest absolute Gasteiger partial charge is 0.351 e. The molecule has 0 saturated heterocycles. The third-order valence-corrected chi connectivity index (χ3v) is 4.69. The van der Waals surface area contributed by atoms with Gasteiger partial charge in [-0.1, -0.05) is 49.9 Å². The highest BCUT2D eigenvalue weighted by Crippen LogP contribution is 2.42. The number of nitrogens with zero attached hydrogens (tertiary/aromatic N) is 1. The van der Waals surface area contributed by atoms with Gasteiger partial charge < -0.3 is 5.32 Å². The van der Waals surface area contributed by atoms with Crippen LogP contribution in [0, 0.1) is 11.3 Å². The highest BCUT2D eigenvalue weighted by molar-refractivity contribution is 6.34. The average molecular weight is 329 g/mol. The van der Waals surface area contributed by atoms with Crippen LogP contribution in [0.2, 0.25) is 10.3 Å². The number of rotatable bonds is 5. The molecule has 0 aromatic carbocycles. The Balaban J connectivity index is 2.02. The van der Waals surface area contributed by atoms with Gasteiger partial charge in [0.1, 0.15) is 10.3 Å². The average Bonchev–Trinajstić information content (AvgIpc) is 2.84. The monoisotopic (exact) mass is 328 g/mol. The Morgan fingerprint density at radius 1 is 1.33 bits per heavy atom. The Morgan fingerprint density at radius 2 is 2.00 bits per heavy atom. The zero-order valence-electron chi connectivity index (χ0n) is 12.6. The molecule has 0 unspecified atom stereocenters. The summed E-state index contributed by atoms with van der Waals surface area (Å²) in [7, 11) is 0. The number of amides is 1. The van der Waals surface area contributed by atoms with Crippen LogP contribution in [0.5, 0.6) is 0 Å². The second kappa shape index (κ2) is 6.97. The lowest BCUT2D eigenvalue weighted by Gasteiger charge is -2.31. The first-order valence-electron chi connectivity index (χ1n) is 7.52. The van der Waals surface area contributed by atoms with Crippen LogP contribution in [0.15, 0.2) is 12.1 Å². The van der Waals surface area contributed by atoms with Crippen molar-refractivity contribution in [2.75, 3.05) is 6.54 Å². The number of hydrogen-bond acceptors (Lipinski definition) is 2. The number of pyridine rings is 1. The van der Waals surface area contributed by atoms with E-state index in [4.69, 9.17) is 23.2 Å². The van der Waals surface area contributed by atoms with E-state index in [-0.39, 0.29) is 16.5 Å².